The molecule has 1 amide bonds. The molecule has 0 spiro atoms. The van der Waals surface area contributed by atoms with E-state index < -0.39 is 31.1 Å². The van der Waals surface area contributed by atoms with Gasteiger partial charge in [0.1, 0.15) is 23.3 Å². The van der Waals surface area contributed by atoms with Crippen molar-refractivity contribution in [2.75, 3.05) is 13.7 Å². The van der Waals surface area contributed by atoms with E-state index in [1.54, 1.807) is 24.3 Å². The van der Waals surface area contributed by atoms with Crippen molar-refractivity contribution >= 4 is 23.7 Å². The van der Waals surface area contributed by atoms with Crippen LogP contribution in [0.1, 0.15) is 29.5 Å². The molecule has 0 N–H and O–H groups in total. The quantitative estimate of drug-likeness (QED) is 0.326. The molecule has 11 heteroatoms. The summed E-state index contributed by atoms with van der Waals surface area (Å²) in [5.41, 5.74) is 1.03. The fourth-order valence-electron chi connectivity index (χ4n) is 3.43. The zero-order valence-corrected chi connectivity index (χ0v) is 18.4. The first-order valence-electron chi connectivity index (χ1n) is 10.4. The number of furan rings is 2. The molecule has 0 radical (unpaired) electrons. The van der Waals surface area contributed by atoms with E-state index in [4.69, 9.17) is 18.3 Å². The van der Waals surface area contributed by atoms with E-state index in [1.807, 2.05) is 0 Å². The van der Waals surface area contributed by atoms with E-state index in [1.165, 1.54) is 48.9 Å². The number of halogens is 2. The summed E-state index contributed by atoms with van der Waals surface area (Å²) in [4.78, 5) is 25.0. The second-order valence-electron chi connectivity index (χ2n) is 7.23. The molecule has 182 valence electrons. The molecule has 1 aliphatic heterocycles. The monoisotopic (exact) mass is 486 g/mol. The van der Waals surface area contributed by atoms with Gasteiger partial charge in [0.05, 0.1) is 19.6 Å². The predicted octanol–water partition coefficient (Wildman–Crippen LogP) is 4.42. The lowest BCUT2D eigenvalue weighted by Gasteiger charge is -2.19. The standard InChI is InChI=1S/C24H20F2N2O7/c1-31-21-12-15(6-8-20(21)35-24(25)26)7-9-23(30)34-14-22(29)28-17(19-5-3-11-33-19)13-16(27-28)18-4-2-10-32-18/h2-12,17,24H,13-14H2,1H3/b9-7+. The first kappa shape index (κ1) is 23.7. The lowest BCUT2D eigenvalue weighted by molar-refractivity contribution is -0.149. The maximum atomic E-state index is 12.8. The number of hydrogen-bond acceptors (Lipinski definition) is 8. The summed E-state index contributed by atoms with van der Waals surface area (Å²) in [5, 5.41) is 5.55. The third kappa shape index (κ3) is 5.75. The summed E-state index contributed by atoms with van der Waals surface area (Å²) in [7, 11) is 1.30. The number of carbonyl (C=O) groups is 2. The molecular formula is C24H20F2N2O7. The number of hydrogen-bond donors (Lipinski definition) is 0. The Bertz CT molecular complexity index is 1220. The average molecular weight is 486 g/mol. The smallest absolute Gasteiger partial charge is 0.387 e. The molecule has 3 aromatic rings. The molecule has 2 aromatic heterocycles. The molecule has 0 fully saturated rings. The summed E-state index contributed by atoms with van der Waals surface area (Å²) in [6, 6.07) is 10.5. The van der Waals surface area contributed by atoms with Crippen molar-refractivity contribution in [1.29, 1.82) is 0 Å². The number of amides is 1. The minimum Gasteiger partial charge on any atom is -0.493 e. The Morgan fingerprint density at radius 2 is 1.97 bits per heavy atom. The molecule has 0 saturated heterocycles. The summed E-state index contributed by atoms with van der Waals surface area (Å²) in [5.74, 6) is -0.349. The Balaban J connectivity index is 1.39. The first-order chi connectivity index (χ1) is 16.9. The number of carbonyl (C=O) groups excluding carboxylic acids is 2. The van der Waals surface area contributed by atoms with E-state index in [-0.39, 0.29) is 11.5 Å². The molecule has 1 atom stereocenters. The van der Waals surface area contributed by atoms with Crippen LogP contribution >= 0.6 is 0 Å². The number of benzene rings is 1. The molecule has 3 heterocycles. The number of esters is 1. The summed E-state index contributed by atoms with van der Waals surface area (Å²) >= 11 is 0. The topological polar surface area (TPSA) is 104 Å². The Hall–Kier alpha value is -4.41. The highest BCUT2D eigenvalue weighted by atomic mass is 19.3. The van der Waals surface area contributed by atoms with Gasteiger partial charge in [0, 0.05) is 12.5 Å². The van der Waals surface area contributed by atoms with Crippen LogP contribution in [0.25, 0.3) is 6.08 Å². The van der Waals surface area contributed by atoms with E-state index >= 15 is 0 Å². The van der Waals surface area contributed by atoms with Crippen molar-refractivity contribution in [3.8, 4) is 11.5 Å². The van der Waals surface area contributed by atoms with Gasteiger partial charge in [-0.2, -0.15) is 13.9 Å². The van der Waals surface area contributed by atoms with Gasteiger partial charge in [0.15, 0.2) is 18.1 Å². The van der Waals surface area contributed by atoms with Crippen molar-refractivity contribution in [3.63, 3.8) is 0 Å². The maximum absolute atomic E-state index is 12.8. The van der Waals surface area contributed by atoms with E-state index in [2.05, 4.69) is 9.84 Å². The Morgan fingerprint density at radius 3 is 2.66 bits per heavy atom. The summed E-state index contributed by atoms with van der Waals surface area (Å²) in [6.45, 7) is -3.56. The van der Waals surface area contributed by atoms with Crippen molar-refractivity contribution in [2.24, 2.45) is 5.10 Å². The van der Waals surface area contributed by atoms with E-state index in [0.717, 1.165) is 6.08 Å². The van der Waals surface area contributed by atoms with Gasteiger partial charge in [-0.1, -0.05) is 6.07 Å². The molecule has 1 aliphatic rings. The van der Waals surface area contributed by atoms with Gasteiger partial charge in [0.25, 0.3) is 5.91 Å². The molecule has 4 rings (SSSR count). The largest absolute Gasteiger partial charge is 0.493 e. The van der Waals surface area contributed by atoms with Crippen LogP contribution in [-0.2, 0) is 14.3 Å². The number of rotatable bonds is 9. The third-order valence-corrected chi connectivity index (χ3v) is 5.00. The summed E-state index contributed by atoms with van der Waals surface area (Å²) in [6.07, 6.45) is 5.85. The Morgan fingerprint density at radius 1 is 1.17 bits per heavy atom. The number of methoxy groups -OCH3 is 1. The minimum absolute atomic E-state index is 0.0687. The normalized spacial score (nSPS) is 15.5. The van der Waals surface area contributed by atoms with Crippen molar-refractivity contribution < 1.29 is 41.4 Å². The zero-order chi connectivity index (χ0) is 24.8. The van der Waals surface area contributed by atoms with Crippen LogP contribution in [0.5, 0.6) is 11.5 Å². The fraction of sp³-hybridized carbons (Fsp3) is 0.208. The minimum atomic E-state index is -3.00. The number of nitrogens with zero attached hydrogens (tertiary/aromatic N) is 2. The highest BCUT2D eigenvalue weighted by Crippen LogP contribution is 2.33. The molecule has 0 aliphatic carbocycles. The highest BCUT2D eigenvalue weighted by Gasteiger charge is 2.36. The van der Waals surface area contributed by atoms with Gasteiger partial charge in [-0.05, 0) is 48.0 Å². The van der Waals surface area contributed by atoms with Crippen molar-refractivity contribution in [3.05, 3.63) is 78.2 Å². The number of alkyl halides is 2. The Kier molecular flexibility index (Phi) is 7.24. The lowest BCUT2D eigenvalue weighted by atomic mass is 10.1. The van der Waals surface area contributed by atoms with Gasteiger partial charge in [-0.25, -0.2) is 9.80 Å². The predicted molar refractivity (Wildman–Crippen MR) is 118 cm³/mol. The highest BCUT2D eigenvalue weighted by molar-refractivity contribution is 6.01. The Labute approximate surface area is 198 Å². The van der Waals surface area contributed by atoms with Crippen LogP contribution in [0.4, 0.5) is 8.78 Å². The number of ether oxygens (including phenoxy) is 3. The lowest BCUT2D eigenvalue weighted by Crippen LogP contribution is -2.31. The molecule has 0 bridgehead atoms. The molecule has 9 nitrogen and oxygen atoms in total. The van der Waals surface area contributed by atoms with Crippen LogP contribution in [0.3, 0.4) is 0 Å². The van der Waals surface area contributed by atoms with Gasteiger partial charge in [0.2, 0.25) is 0 Å². The van der Waals surface area contributed by atoms with Gasteiger partial charge in [-0.3, -0.25) is 4.79 Å². The second kappa shape index (κ2) is 10.7. The van der Waals surface area contributed by atoms with Crippen LogP contribution in [0.2, 0.25) is 0 Å². The SMILES string of the molecule is COc1cc(/C=C/C(=O)OCC(=O)N2N=C(c3ccco3)CC2c2ccco2)ccc1OC(F)F. The molecule has 35 heavy (non-hydrogen) atoms. The van der Waals surface area contributed by atoms with E-state index in [0.29, 0.717) is 29.2 Å². The van der Waals surface area contributed by atoms with Gasteiger partial charge >= 0.3 is 12.6 Å². The summed E-state index contributed by atoms with van der Waals surface area (Å²) < 4.78 is 50.2. The first-order valence-corrected chi connectivity index (χ1v) is 10.4. The van der Waals surface area contributed by atoms with Crippen molar-refractivity contribution in [1.82, 2.24) is 5.01 Å². The van der Waals surface area contributed by atoms with Crippen LogP contribution < -0.4 is 9.47 Å². The molecular weight excluding hydrogens is 466 g/mol. The number of hydrazone groups is 1. The van der Waals surface area contributed by atoms with Crippen molar-refractivity contribution in [2.45, 2.75) is 19.1 Å². The van der Waals surface area contributed by atoms with Crippen LogP contribution in [-0.4, -0.2) is 42.9 Å². The second-order valence-corrected chi connectivity index (χ2v) is 7.23. The maximum Gasteiger partial charge on any atom is 0.387 e. The van der Waals surface area contributed by atoms with Gasteiger partial charge < -0.3 is 23.0 Å². The van der Waals surface area contributed by atoms with Crippen LogP contribution in [0.15, 0.2) is 75.0 Å². The van der Waals surface area contributed by atoms with Gasteiger partial charge in [-0.15, -0.1) is 0 Å². The zero-order valence-electron chi connectivity index (χ0n) is 18.4. The van der Waals surface area contributed by atoms with Crippen LogP contribution in [0, 0.1) is 0 Å². The fourth-order valence-corrected chi connectivity index (χ4v) is 3.43. The molecule has 1 aromatic carbocycles. The third-order valence-electron chi connectivity index (χ3n) is 5.00. The average Bonchev–Trinajstić information content (AvgIpc) is 3.62. The molecule has 1 unspecified atom stereocenters. The molecule has 0 saturated carbocycles. The van der Waals surface area contributed by atoms with E-state index in [9.17, 15) is 18.4 Å².